The number of benzene rings is 3. The molecule has 0 aliphatic carbocycles. The first kappa shape index (κ1) is 48.8. The van der Waals surface area contributed by atoms with E-state index in [1.807, 2.05) is 24.3 Å². The average molecular weight is 901 g/mol. The Morgan fingerprint density at radius 1 is 0.677 bits per heavy atom. The van der Waals surface area contributed by atoms with Crippen molar-refractivity contribution in [2.75, 3.05) is 75.5 Å². The van der Waals surface area contributed by atoms with Crippen molar-refractivity contribution >= 4 is 11.4 Å². The molecule has 2 aromatic heterocycles. The summed E-state index contributed by atoms with van der Waals surface area (Å²) in [6.45, 7) is 13.9. The van der Waals surface area contributed by atoms with Crippen LogP contribution < -0.4 is 26.2 Å². The lowest BCUT2D eigenvalue weighted by Crippen LogP contribution is -2.55. The fraction of sp³-hybridized carbons (Fsp3) is 0.429. The molecule has 2 saturated heterocycles. The highest BCUT2D eigenvalue weighted by molar-refractivity contribution is 5.47. The maximum atomic E-state index is 13.7. The van der Waals surface area contributed by atoms with E-state index in [-0.39, 0.29) is 23.5 Å². The van der Waals surface area contributed by atoms with Gasteiger partial charge in [-0.2, -0.15) is 19.6 Å². The molecule has 0 spiro atoms. The van der Waals surface area contributed by atoms with E-state index in [9.17, 15) is 27.2 Å². The van der Waals surface area contributed by atoms with Gasteiger partial charge in [0.05, 0.1) is 60.4 Å². The monoisotopic (exact) mass is 900 g/mol. The van der Waals surface area contributed by atoms with Crippen LogP contribution in [0.25, 0.3) is 11.4 Å². The number of anilines is 2. The van der Waals surface area contributed by atoms with Gasteiger partial charge in [0.1, 0.15) is 23.3 Å². The Hall–Kier alpha value is -5.68. The molecule has 65 heavy (non-hydrogen) atoms. The largest absolute Gasteiger partial charge is 0.379 e. The lowest BCUT2D eigenvalue weighted by Gasteiger charge is -2.42. The van der Waals surface area contributed by atoms with Crippen molar-refractivity contribution in [1.29, 1.82) is 0 Å². The second kappa shape index (κ2) is 25.1. The first-order chi connectivity index (χ1) is 31.6. The standard InChI is InChI=1S/C28H32F2N4O2.C21H28F2N4O2/c1-2-3-4-8-13-36-21-27-20-32(19-22-9-6-5-7-10-22)11-12-33(27)26-17-28(35)34(31-18-26)25-15-23(29)14-24(30)16-25;1-2-3-4-5-8-29-15-20-13-24-6-7-26(20)19-12-21(28)27(25-14-19)18-10-16(22)9-17(23)11-18/h2,5-7,9-10,14-18,27H,1,3-4,8,11-13,19-21H2;9-12,14,20,24H,2-8,13,15H2,1H3. The molecule has 4 heterocycles. The van der Waals surface area contributed by atoms with Crippen molar-refractivity contribution in [2.24, 2.45) is 0 Å². The van der Waals surface area contributed by atoms with Gasteiger partial charge in [0, 0.05) is 83.3 Å². The smallest absolute Gasteiger partial charge is 0.273 e. The Morgan fingerprint density at radius 2 is 1.23 bits per heavy atom. The summed E-state index contributed by atoms with van der Waals surface area (Å²) in [5.41, 5.74) is 1.83. The molecule has 3 aromatic carbocycles. The normalized spacial score (nSPS) is 16.6. The Kier molecular flexibility index (Phi) is 18.9. The predicted octanol–water partition coefficient (Wildman–Crippen LogP) is 7.46. The van der Waals surface area contributed by atoms with E-state index in [1.54, 1.807) is 12.4 Å². The minimum absolute atomic E-state index is 0.0329. The Morgan fingerprint density at radius 3 is 1.78 bits per heavy atom. The summed E-state index contributed by atoms with van der Waals surface area (Å²) in [7, 11) is 0. The van der Waals surface area contributed by atoms with Gasteiger partial charge in [-0.1, -0.05) is 62.6 Å². The zero-order valence-electron chi connectivity index (χ0n) is 37.1. The van der Waals surface area contributed by atoms with Crippen LogP contribution in [0.1, 0.15) is 57.4 Å². The number of ether oxygens (including phenoxy) is 2. The van der Waals surface area contributed by atoms with E-state index in [1.165, 1.54) is 37.0 Å². The van der Waals surface area contributed by atoms with Crippen LogP contribution in [0.3, 0.4) is 0 Å². The molecule has 0 saturated carbocycles. The maximum absolute atomic E-state index is 13.7. The van der Waals surface area contributed by atoms with Crippen LogP contribution in [0.2, 0.25) is 0 Å². The summed E-state index contributed by atoms with van der Waals surface area (Å²) in [6.07, 6.45) is 12.7. The summed E-state index contributed by atoms with van der Waals surface area (Å²) in [5, 5.41) is 11.7. The van der Waals surface area contributed by atoms with E-state index in [0.717, 1.165) is 117 Å². The molecule has 2 aliphatic heterocycles. The number of nitrogens with zero attached hydrogens (tertiary/aromatic N) is 7. The fourth-order valence-corrected chi connectivity index (χ4v) is 8.02. The van der Waals surface area contributed by atoms with Gasteiger partial charge in [-0.3, -0.25) is 14.5 Å². The van der Waals surface area contributed by atoms with Gasteiger partial charge in [0.25, 0.3) is 11.1 Å². The molecule has 12 nitrogen and oxygen atoms in total. The van der Waals surface area contributed by atoms with Crippen LogP contribution in [-0.4, -0.2) is 102 Å². The highest BCUT2D eigenvalue weighted by atomic mass is 19.1. The van der Waals surface area contributed by atoms with E-state index in [0.29, 0.717) is 37.7 Å². The van der Waals surface area contributed by atoms with Gasteiger partial charge in [-0.15, -0.1) is 6.58 Å². The van der Waals surface area contributed by atoms with Crippen molar-refractivity contribution < 1.29 is 27.0 Å². The topological polar surface area (TPSA) is 110 Å². The summed E-state index contributed by atoms with van der Waals surface area (Å²) in [4.78, 5) is 32.1. The molecule has 1 N–H and O–H groups in total. The quantitative estimate of drug-likeness (QED) is 0.0481. The second-order valence-electron chi connectivity index (χ2n) is 16.3. The van der Waals surface area contributed by atoms with Crippen LogP contribution in [-0.2, 0) is 16.0 Å². The predicted molar refractivity (Wildman–Crippen MR) is 246 cm³/mol. The number of hydrogen-bond donors (Lipinski definition) is 1. The van der Waals surface area contributed by atoms with E-state index >= 15 is 0 Å². The third-order valence-corrected chi connectivity index (χ3v) is 11.3. The molecule has 0 bridgehead atoms. The van der Waals surface area contributed by atoms with E-state index in [4.69, 9.17) is 9.47 Å². The number of aromatic nitrogens is 4. The summed E-state index contributed by atoms with van der Waals surface area (Å²) >= 11 is 0. The van der Waals surface area contributed by atoms with E-state index in [2.05, 4.69) is 55.8 Å². The molecule has 0 radical (unpaired) electrons. The molecule has 16 heteroatoms. The fourth-order valence-electron chi connectivity index (χ4n) is 8.02. The summed E-state index contributed by atoms with van der Waals surface area (Å²) < 4.78 is 68.1. The number of piperazine rings is 2. The number of rotatable bonds is 20. The molecule has 7 rings (SSSR count). The van der Waals surface area contributed by atoms with Crippen molar-refractivity contribution in [3.63, 3.8) is 0 Å². The van der Waals surface area contributed by atoms with Gasteiger partial charge in [0.15, 0.2) is 0 Å². The average Bonchev–Trinajstić information content (AvgIpc) is 3.29. The van der Waals surface area contributed by atoms with Crippen LogP contribution in [0, 0.1) is 23.3 Å². The summed E-state index contributed by atoms with van der Waals surface area (Å²) in [5.74, 6) is -3.03. The molecule has 2 aliphatic rings. The number of halogens is 4. The van der Waals surface area contributed by atoms with Crippen molar-refractivity contribution in [3.05, 3.63) is 153 Å². The lowest BCUT2D eigenvalue weighted by molar-refractivity contribution is 0.0895. The SMILES string of the molecule is C=CCCCCOCC1CN(Cc2ccccc2)CCN1c1cnn(-c2cc(F)cc(F)c2)c(=O)c1.CCCCCCOCC1CNCCN1c1cnn(-c2cc(F)cc(F)c2)c(=O)c1. The number of nitrogens with one attached hydrogen (secondary N) is 1. The molecule has 2 unspecified atom stereocenters. The number of allylic oxidation sites excluding steroid dienone is 1. The molecule has 5 aromatic rings. The van der Waals surface area contributed by atoms with Crippen molar-refractivity contribution in [3.8, 4) is 11.4 Å². The molecule has 0 amide bonds. The van der Waals surface area contributed by atoms with Crippen LogP contribution in [0.4, 0.5) is 28.9 Å². The van der Waals surface area contributed by atoms with Crippen LogP contribution in [0.5, 0.6) is 0 Å². The van der Waals surface area contributed by atoms with Gasteiger partial charge in [-0.05, 0) is 55.5 Å². The lowest BCUT2D eigenvalue weighted by atomic mass is 10.1. The van der Waals surface area contributed by atoms with Gasteiger partial charge in [-0.25, -0.2) is 17.6 Å². The Labute approximate surface area is 378 Å². The van der Waals surface area contributed by atoms with Crippen molar-refractivity contribution in [2.45, 2.75) is 70.5 Å². The molecule has 2 fully saturated rings. The van der Waals surface area contributed by atoms with Gasteiger partial charge < -0.3 is 24.6 Å². The molecular weight excluding hydrogens is 841 g/mol. The molecule has 348 valence electrons. The highest BCUT2D eigenvalue weighted by Gasteiger charge is 2.29. The van der Waals surface area contributed by atoms with Gasteiger partial charge in [0.2, 0.25) is 0 Å². The third-order valence-electron chi connectivity index (χ3n) is 11.3. The van der Waals surface area contributed by atoms with Gasteiger partial charge >= 0.3 is 0 Å². The third kappa shape index (κ3) is 14.7. The van der Waals surface area contributed by atoms with E-state index < -0.39 is 34.4 Å². The zero-order chi connectivity index (χ0) is 46.0. The zero-order valence-corrected chi connectivity index (χ0v) is 37.1. The first-order valence-electron chi connectivity index (χ1n) is 22.5. The second-order valence-corrected chi connectivity index (χ2v) is 16.3. The van der Waals surface area contributed by atoms with Crippen molar-refractivity contribution in [1.82, 2.24) is 29.8 Å². The minimum Gasteiger partial charge on any atom is -0.379 e. The minimum atomic E-state index is -0.761. The molecule has 2 atom stereocenters. The molecular formula is C49H60F4N8O4. The Bertz CT molecular complexity index is 2340. The van der Waals surface area contributed by atoms with Crippen LogP contribution in [0.15, 0.2) is 114 Å². The Balaban J connectivity index is 0.000000221. The highest BCUT2D eigenvalue weighted by Crippen LogP contribution is 2.22. The summed E-state index contributed by atoms with van der Waals surface area (Å²) in [6, 6.07) is 19.3. The van der Waals surface area contributed by atoms with Crippen LogP contribution >= 0.6 is 0 Å². The number of hydrogen-bond acceptors (Lipinski definition) is 10. The maximum Gasteiger partial charge on any atom is 0.273 e. The number of unbranched alkanes of at least 4 members (excludes halogenated alkanes) is 5. The first-order valence-corrected chi connectivity index (χ1v) is 22.5.